The number of likely N-dealkylation sites (N-methyl/N-ethyl adjacent to an activating group) is 1. The number of rotatable bonds is 5. The Bertz CT molecular complexity index is 673. The van der Waals surface area contributed by atoms with E-state index < -0.39 is 0 Å². The van der Waals surface area contributed by atoms with Gasteiger partial charge in [0.25, 0.3) is 0 Å². The zero-order valence-electron chi connectivity index (χ0n) is 11.8. The minimum atomic E-state index is 0.0246. The number of fused-ring (bicyclic) bond motifs is 1. The van der Waals surface area contributed by atoms with Crippen LogP contribution in [0.5, 0.6) is 5.88 Å². The van der Waals surface area contributed by atoms with E-state index in [9.17, 15) is 4.79 Å². The smallest absolute Gasteiger partial charge is 0.242 e. The lowest BCUT2D eigenvalue weighted by Gasteiger charge is -2.18. The van der Waals surface area contributed by atoms with E-state index in [1.54, 1.807) is 22.6 Å². The number of H-pyrrole nitrogens is 1. The summed E-state index contributed by atoms with van der Waals surface area (Å²) in [5.74, 6) is 0.521. The first kappa shape index (κ1) is 14.5. The maximum absolute atomic E-state index is 12.2. The van der Waals surface area contributed by atoms with Crippen LogP contribution in [-0.2, 0) is 11.3 Å². The first-order valence-electron chi connectivity index (χ1n) is 6.52. The van der Waals surface area contributed by atoms with Crippen molar-refractivity contribution in [2.75, 3.05) is 20.2 Å². The maximum atomic E-state index is 12.2. The van der Waals surface area contributed by atoms with Gasteiger partial charge in [-0.05, 0) is 32.1 Å². The monoisotopic (exact) mass is 294 g/mol. The lowest BCUT2D eigenvalue weighted by molar-refractivity contribution is -0.131. The van der Waals surface area contributed by atoms with E-state index in [0.717, 1.165) is 5.52 Å². The van der Waals surface area contributed by atoms with Crippen molar-refractivity contribution < 1.29 is 9.53 Å². The summed E-state index contributed by atoms with van der Waals surface area (Å²) in [5, 5.41) is 0. The molecule has 0 unspecified atom stereocenters. The fourth-order valence-corrected chi connectivity index (χ4v) is 2.35. The van der Waals surface area contributed by atoms with Crippen LogP contribution in [0.4, 0.5) is 0 Å². The average molecular weight is 294 g/mol. The molecule has 1 N–H and O–H groups in total. The number of hydrogen-bond acceptors (Lipinski definition) is 4. The molecular weight excluding hydrogens is 276 g/mol. The van der Waals surface area contributed by atoms with Gasteiger partial charge in [-0.3, -0.25) is 9.36 Å². The number of aromatic amines is 1. The number of pyridine rings is 1. The molecule has 2 aromatic heterocycles. The van der Waals surface area contributed by atoms with Gasteiger partial charge in [0.1, 0.15) is 6.54 Å². The molecule has 0 aliphatic heterocycles. The molecule has 0 saturated carbocycles. The number of carbonyl (C=O) groups is 1. The third-order valence-corrected chi connectivity index (χ3v) is 3.53. The number of carbonyl (C=O) groups excluding carboxylic acids is 1. The summed E-state index contributed by atoms with van der Waals surface area (Å²) in [7, 11) is 1.56. The van der Waals surface area contributed by atoms with Gasteiger partial charge in [0, 0.05) is 19.2 Å². The number of nitrogens with zero attached hydrogens (tertiary/aromatic N) is 3. The molecule has 0 bridgehead atoms. The lowest BCUT2D eigenvalue weighted by Crippen LogP contribution is -2.33. The van der Waals surface area contributed by atoms with Crippen molar-refractivity contribution in [2.24, 2.45) is 0 Å². The molecule has 108 valence electrons. The standard InChI is InChI=1S/C13H18N4O2S/c1-4-16(5-2)11(18)8-17-12-9(14-13(17)20)6-7-10(15-12)19-3/h6-7H,4-5,8H2,1-3H3,(H,14,20). The largest absolute Gasteiger partial charge is 0.481 e. The first-order valence-corrected chi connectivity index (χ1v) is 6.92. The molecule has 0 saturated heterocycles. The highest BCUT2D eigenvalue weighted by Gasteiger charge is 2.14. The molecule has 2 aromatic rings. The Morgan fingerprint density at radius 1 is 1.45 bits per heavy atom. The van der Waals surface area contributed by atoms with Gasteiger partial charge in [0.15, 0.2) is 10.4 Å². The number of nitrogens with one attached hydrogen (secondary N) is 1. The normalized spacial score (nSPS) is 10.8. The number of ether oxygens (including phenoxy) is 1. The van der Waals surface area contributed by atoms with Crippen LogP contribution in [0, 0.1) is 4.77 Å². The van der Waals surface area contributed by atoms with E-state index >= 15 is 0 Å². The number of aromatic nitrogens is 3. The van der Waals surface area contributed by atoms with Crippen molar-refractivity contribution >= 4 is 29.3 Å². The molecule has 0 aliphatic rings. The molecule has 0 radical (unpaired) electrons. The van der Waals surface area contributed by atoms with Crippen molar-refractivity contribution in [1.29, 1.82) is 0 Å². The van der Waals surface area contributed by atoms with Crippen LogP contribution >= 0.6 is 12.2 Å². The molecule has 1 amide bonds. The van der Waals surface area contributed by atoms with Gasteiger partial charge in [-0.1, -0.05) is 0 Å². The minimum absolute atomic E-state index is 0.0246. The van der Waals surface area contributed by atoms with E-state index in [4.69, 9.17) is 17.0 Å². The summed E-state index contributed by atoms with van der Waals surface area (Å²) >= 11 is 5.27. The summed E-state index contributed by atoms with van der Waals surface area (Å²) in [6.07, 6.45) is 0. The SMILES string of the molecule is CCN(CC)C(=O)Cn1c(=S)[nH]c2ccc(OC)nc21. The molecule has 0 fully saturated rings. The number of methoxy groups -OCH3 is 1. The van der Waals surface area contributed by atoms with Crippen molar-refractivity contribution in [3.63, 3.8) is 0 Å². The first-order chi connectivity index (χ1) is 9.60. The Labute approximate surface area is 122 Å². The second kappa shape index (κ2) is 6.04. The summed E-state index contributed by atoms with van der Waals surface area (Å²) < 4.78 is 7.30. The predicted octanol–water partition coefficient (Wildman–Crippen LogP) is 1.97. The van der Waals surface area contributed by atoms with Crippen LogP contribution in [0.1, 0.15) is 13.8 Å². The number of hydrogen-bond donors (Lipinski definition) is 1. The lowest BCUT2D eigenvalue weighted by atomic mass is 10.4. The fourth-order valence-electron chi connectivity index (χ4n) is 2.09. The highest BCUT2D eigenvalue weighted by atomic mass is 32.1. The Morgan fingerprint density at radius 3 is 2.75 bits per heavy atom. The molecule has 2 rings (SSSR count). The van der Waals surface area contributed by atoms with Gasteiger partial charge in [-0.2, -0.15) is 4.98 Å². The summed E-state index contributed by atoms with van der Waals surface area (Å²) in [6, 6.07) is 3.60. The molecule has 6 nitrogen and oxygen atoms in total. The molecule has 0 atom stereocenters. The van der Waals surface area contributed by atoms with Crippen molar-refractivity contribution in [1.82, 2.24) is 19.4 Å². The molecule has 2 heterocycles. The van der Waals surface area contributed by atoms with Crippen molar-refractivity contribution in [3.05, 3.63) is 16.9 Å². The quantitative estimate of drug-likeness (QED) is 0.856. The van der Waals surface area contributed by atoms with Gasteiger partial charge in [0.05, 0.1) is 12.6 Å². The van der Waals surface area contributed by atoms with Crippen LogP contribution in [0.2, 0.25) is 0 Å². The molecular formula is C13H18N4O2S. The van der Waals surface area contributed by atoms with Crippen molar-refractivity contribution in [3.8, 4) is 5.88 Å². The van der Waals surface area contributed by atoms with Crippen LogP contribution in [0.15, 0.2) is 12.1 Å². The van der Waals surface area contributed by atoms with Gasteiger partial charge in [-0.25, -0.2) is 0 Å². The van der Waals surface area contributed by atoms with E-state index in [1.165, 1.54) is 0 Å². The number of imidazole rings is 1. The van der Waals surface area contributed by atoms with E-state index in [1.807, 2.05) is 19.9 Å². The van der Waals surface area contributed by atoms with Gasteiger partial charge >= 0.3 is 0 Å². The molecule has 0 aromatic carbocycles. The minimum Gasteiger partial charge on any atom is -0.481 e. The highest BCUT2D eigenvalue weighted by Crippen LogP contribution is 2.16. The van der Waals surface area contributed by atoms with Gasteiger partial charge in [-0.15, -0.1) is 0 Å². The molecule has 0 spiro atoms. The third kappa shape index (κ3) is 2.67. The van der Waals surface area contributed by atoms with Crippen LogP contribution in [0.25, 0.3) is 11.2 Å². The topological polar surface area (TPSA) is 63.2 Å². The zero-order valence-corrected chi connectivity index (χ0v) is 12.7. The molecule has 7 heteroatoms. The Morgan fingerprint density at radius 2 is 2.15 bits per heavy atom. The average Bonchev–Trinajstić information content (AvgIpc) is 2.76. The maximum Gasteiger partial charge on any atom is 0.242 e. The summed E-state index contributed by atoms with van der Waals surface area (Å²) in [5.41, 5.74) is 1.43. The van der Waals surface area contributed by atoms with E-state index in [0.29, 0.717) is 29.4 Å². The van der Waals surface area contributed by atoms with Gasteiger partial charge < -0.3 is 14.6 Å². The highest BCUT2D eigenvalue weighted by molar-refractivity contribution is 7.71. The Balaban J connectivity index is 2.40. The fraction of sp³-hybridized carbons (Fsp3) is 0.462. The molecule has 0 aliphatic carbocycles. The number of amides is 1. The summed E-state index contributed by atoms with van der Waals surface area (Å²) in [4.78, 5) is 21.4. The van der Waals surface area contributed by atoms with Crippen LogP contribution in [0.3, 0.4) is 0 Å². The third-order valence-electron chi connectivity index (χ3n) is 3.21. The van der Waals surface area contributed by atoms with E-state index in [2.05, 4.69) is 9.97 Å². The van der Waals surface area contributed by atoms with Crippen molar-refractivity contribution in [2.45, 2.75) is 20.4 Å². The second-order valence-corrected chi connectivity index (χ2v) is 4.69. The summed E-state index contributed by atoms with van der Waals surface area (Å²) in [6.45, 7) is 5.46. The van der Waals surface area contributed by atoms with E-state index in [-0.39, 0.29) is 12.5 Å². The molecule has 20 heavy (non-hydrogen) atoms. The Hall–Kier alpha value is -1.89. The zero-order chi connectivity index (χ0) is 14.7. The second-order valence-electron chi connectivity index (χ2n) is 4.31. The van der Waals surface area contributed by atoms with Crippen LogP contribution in [-0.4, -0.2) is 45.5 Å². The predicted molar refractivity (Wildman–Crippen MR) is 79.4 cm³/mol. The van der Waals surface area contributed by atoms with Gasteiger partial charge in [0.2, 0.25) is 11.8 Å². The Kier molecular flexibility index (Phi) is 4.39. The van der Waals surface area contributed by atoms with Crippen LogP contribution < -0.4 is 4.74 Å².